The molecular weight excluding hydrogens is 330 g/mol. The summed E-state index contributed by atoms with van der Waals surface area (Å²) in [6.07, 6.45) is 3.47. The van der Waals surface area contributed by atoms with Crippen molar-refractivity contribution in [2.24, 2.45) is 11.8 Å². The maximum absolute atomic E-state index is 12.3. The fourth-order valence-corrected chi connectivity index (χ4v) is 5.12. The lowest BCUT2D eigenvalue weighted by Crippen LogP contribution is -2.31. The Hall–Kier alpha value is -0.400. The predicted octanol–water partition coefficient (Wildman–Crippen LogP) is 2.12. The number of halogens is 1. The topological polar surface area (TPSA) is 74.8 Å². The largest absolute Gasteiger partial charge is 0.281 e. The van der Waals surface area contributed by atoms with Gasteiger partial charge in [0.15, 0.2) is 0 Å². The molecule has 1 aromatic rings. The Bertz CT molecular complexity index is 522. The van der Waals surface area contributed by atoms with Crippen LogP contribution in [0.2, 0.25) is 0 Å². The molecule has 19 heavy (non-hydrogen) atoms. The van der Waals surface area contributed by atoms with Gasteiger partial charge in [0.25, 0.3) is 0 Å². The number of hydrogen-bond donors (Lipinski definition) is 2. The Balaban J connectivity index is 2.06. The lowest BCUT2D eigenvalue weighted by atomic mass is 9.99. The SMILES string of the molecule is Cc1n[nH]c(C)c1S(=O)(=O)NCC1CCCC1CBr. The molecule has 0 amide bonds. The van der Waals surface area contributed by atoms with E-state index in [9.17, 15) is 8.42 Å². The molecule has 1 fully saturated rings. The van der Waals surface area contributed by atoms with Crippen molar-refractivity contribution in [3.8, 4) is 0 Å². The van der Waals surface area contributed by atoms with E-state index in [4.69, 9.17) is 0 Å². The second-order valence-corrected chi connectivity index (χ2v) is 7.57. The number of aryl methyl sites for hydroxylation is 2. The second-order valence-electron chi connectivity index (χ2n) is 5.22. The van der Waals surface area contributed by atoms with Crippen LogP contribution in [0.5, 0.6) is 0 Å². The van der Waals surface area contributed by atoms with E-state index < -0.39 is 10.0 Å². The number of hydrogen-bond acceptors (Lipinski definition) is 3. The summed E-state index contributed by atoms with van der Waals surface area (Å²) in [7, 11) is -3.46. The molecule has 1 aliphatic carbocycles. The Labute approximate surface area is 122 Å². The standard InChI is InChI=1S/C12H20BrN3O2S/c1-8-12(9(2)16-15-8)19(17,18)14-7-11-5-3-4-10(11)6-13/h10-11,14H,3-7H2,1-2H3,(H,15,16). The molecule has 0 saturated heterocycles. The van der Waals surface area contributed by atoms with Gasteiger partial charge >= 0.3 is 0 Å². The van der Waals surface area contributed by atoms with Gasteiger partial charge in [0, 0.05) is 11.9 Å². The molecular formula is C12H20BrN3O2S. The normalized spacial score (nSPS) is 23.9. The van der Waals surface area contributed by atoms with Crippen molar-refractivity contribution in [2.75, 3.05) is 11.9 Å². The van der Waals surface area contributed by atoms with E-state index >= 15 is 0 Å². The van der Waals surface area contributed by atoms with E-state index in [1.165, 1.54) is 12.8 Å². The predicted molar refractivity (Wildman–Crippen MR) is 77.9 cm³/mol. The highest BCUT2D eigenvalue weighted by Crippen LogP contribution is 2.32. The Morgan fingerprint density at radius 3 is 2.63 bits per heavy atom. The van der Waals surface area contributed by atoms with E-state index in [0.717, 1.165) is 11.8 Å². The minimum atomic E-state index is -3.46. The van der Waals surface area contributed by atoms with Crippen LogP contribution in [-0.2, 0) is 10.0 Å². The molecule has 1 saturated carbocycles. The van der Waals surface area contributed by atoms with Gasteiger partial charge < -0.3 is 0 Å². The maximum Gasteiger partial charge on any atom is 0.244 e. The number of sulfonamides is 1. The molecule has 0 bridgehead atoms. The summed E-state index contributed by atoms with van der Waals surface area (Å²) in [4.78, 5) is 0.292. The summed E-state index contributed by atoms with van der Waals surface area (Å²) in [5.41, 5.74) is 1.11. The molecule has 2 rings (SSSR count). The number of H-pyrrole nitrogens is 1. The smallest absolute Gasteiger partial charge is 0.244 e. The minimum Gasteiger partial charge on any atom is -0.281 e. The molecule has 0 radical (unpaired) electrons. The summed E-state index contributed by atoms with van der Waals surface area (Å²) in [5, 5.41) is 7.60. The van der Waals surface area contributed by atoms with Crippen molar-refractivity contribution >= 4 is 26.0 Å². The monoisotopic (exact) mass is 349 g/mol. The van der Waals surface area contributed by atoms with Gasteiger partial charge in [-0.2, -0.15) is 5.10 Å². The summed E-state index contributed by atoms with van der Waals surface area (Å²) in [5.74, 6) is 1.01. The highest BCUT2D eigenvalue weighted by molar-refractivity contribution is 9.09. The van der Waals surface area contributed by atoms with E-state index in [0.29, 0.717) is 34.7 Å². The van der Waals surface area contributed by atoms with Crippen molar-refractivity contribution in [1.82, 2.24) is 14.9 Å². The number of nitrogens with one attached hydrogen (secondary N) is 2. The van der Waals surface area contributed by atoms with Gasteiger partial charge in [-0.05, 0) is 38.5 Å². The molecule has 2 atom stereocenters. The number of aromatic nitrogens is 2. The molecule has 0 spiro atoms. The summed E-state index contributed by atoms with van der Waals surface area (Å²) < 4.78 is 27.3. The van der Waals surface area contributed by atoms with Gasteiger partial charge in [0.2, 0.25) is 10.0 Å². The zero-order valence-corrected chi connectivity index (χ0v) is 13.6. The van der Waals surface area contributed by atoms with Crippen molar-refractivity contribution in [3.05, 3.63) is 11.4 Å². The van der Waals surface area contributed by atoms with Crippen molar-refractivity contribution in [3.63, 3.8) is 0 Å². The molecule has 1 aliphatic rings. The van der Waals surface area contributed by atoms with E-state index in [1.807, 2.05) is 0 Å². The first-order valence-corrected chi connectivity index (χ1v) is 9.13. The van der Waals surface area contributed by atoms with Crippen LogP contribution in [0.1, 0.15) is 30.7 Å². The average molecular weight is 350 g/mol. The third-order valence-corrected chi connectivity index (χ3v) is 6.40. The molecule has 2 unspecified atom stereocenters. The van der Waals surface area contributed by atoms with E-state index in [2.05, 4.69) is 30.8 Å². The van der Waals surface area contributed by atoms with Crippen molar-refractivity contribution in [1.29, 1.82) is 0 Å². The van der Waals surface area contributed by atoms with Crippen LogP contribution in [0.25, 0.3) is 0 Å². The van der Waals surface area contributed by atoms with Crippen LogP contribution in [0.15, 0.2) is 4.90 Å². The van der Waals surface area contributed by atoms with Crippen LogP contribution in [0.3, 0.4) is 0 Å². The van der Waals surface area contributed by atoms with Gasteiger partial charge in [-0.25, -0.2) is 13.1 Å². The Morgan fingerprint density at radius 2 is 2.05 bits per heavy atom. The zero-order chi connectivity index (χ0) is 14.0. The number of alkyl halides is 1. The van der Waals surface area contributed by atoms with Gasteiger partial charge in [0.05, 0.1) is 11.4 Å². The average Bonchev–Trinajstić information content (AvgIpc) is 2.93. The van der Waals surface area contributed by atoms with Gasteiger partial charge in [0.1, 0.15) is 4.90 Å². The molecule has 1 aromatic heterocycles. The highest BCUT2D eigenvalue weighted by atomic mass is 79.9. The first kappa shape index (κ1) is 15.0. The molecule has 5 nitrogen and oxygen atoms in total. The highest BCUT2D eigenvalue weighted by Gasteiger charge is 2.29. The van der Waals surface area contributed by atoms with Crippen molar-refractivity contribution in [2.45, 2.75) is 38.0 Å². The van der Waals surface area contributed by atoms with Crippen molar-refractivity contribution < 1.29 is 8.42 Å². The molecule has 0 aliphatic heterocycles. The molecule has 0 aromatic carbocycles. The molecule has 1 heterocycles. The van der Waals surface area contributed by atoms with Crippen LogP contribution in [0.4, 0.5) is 0 Å². The molecule has 2 N–H and O–H groups in total. The first-order valence-electron chi connectivity index (χ1n) is 6.53. The first-order chi connectivity index (χ1) is 8.95. The summed E-state index contributed by atoms with van der Waals surface area (Å²) in [6, 6.07) is 0. The number of rotatable bonds is 5. The molecule has 108 valence electrons. The minimum absolute atomic E-state index is 0.292. The maximum atomic E-state index is 12.3. The quantitative estimate of drug-likeness (QED) is 0.799. The van der Waals surface area contributed by atoms with Gasteiger partial charge in [-0.15, -0.1) is 0 Å². The fourth-order valence-electron chi connectivity index (χ4n) is 2.81. The van der Waals surface area contributed by atoms with E-state index in [-0.39, 0.29) is 0 Å². The van der Waals surface area contributed by atoms with Gasteiger partial charge in [-0.3, -0.25) is 5.10 Å². The van der Waals surface area contributed by atoms with Crippen LogP contribution in [-0.4, -0.2) is 30.5 Å². The second kappa shape index (κ2) is 5.93. The molecule has 7 heteroatoms. The van der Waals surface area contributed by atoms with Crippen LogP contribution < -0.4 is 4.72 Å². The Morgan fingerprint density at radius 1 is 1.37 bits per heavy atom. The third kappa shape index (κ3) is 3.20. The summed E-state index contributed by atoms with van der Waals surface area (Å²) in [6.45, 7) is 3.95. The lowest BCUT2D eigenvalue weighted by molar-refractivity contribution is 0.422. The Kier molecular flexibility index (Phi) is 4.68. The fraction of sp³-hybridized carbons (Fsp3) is 0.750. The summed E-state index contributed by atoms with van der Waals surface area (Å²) >= 11 is 3.51. The van der Waals surface area contributed by atoms with Gasteiger partial charge in [-0.1, -0.05) is 22.4 Å². The van der Waals surface area contributed by atoms with Crippen LogP contribution in [0, 0.1) is 25.7 Å². The van der Waals surface area contributed by atoms with E-state index in [1.54, 1.807) is 13.8 Å². The number of nitrogens with zero attached hydrogens (tertiary/aromatic N) is 1. The number of aromatic amines is 1. The third-order valence-electron chi connectivity index (χ3n) is 3.88. The zero-order valence-electron chi connectivity index (χ0n) is 11.2. The lowest BCUT2D eigenvalue weighted by Gasteiger charge is -2.17. The van der Waals surface area contributed by atoms with Crippen LogP contribution >= 0.6 is 15.9 Å².